The lowest BCUT2D eigenvalue weighted by Gasteiger charge is -2.25. The Morgan fingerprint density at radius 2 is 2.10 bits per heavy atom. The molecule has 0 bridgehead atoms. The third kappa shape index (κ3) is 2.84. The Hall–Kier alpha value is -1.84. The van der Waals surface area contributed by atoms with E-state index in [-0.39, 0.29) is 5.82 Å². The van der Waals surface area contributed by atoms with Crippen molar-refractivity contribution in [3.8, 4) is 0 Å². The van der Waals surface area contributed by atoms with Crippen LogP contribution in [0.15, 0.2) is 34.9 Å². The number of aryl methyl sites for hydroxylation is 1. The van der Waals surface area contributed by atoms with Crippen molar-refractivity contribution < 1.29 is 8.91 Å². The second kappa shape index (κ2) is 5.65. The molecule has 1 aromatic carbocycles. The van der Waals surface area contributed by atoms with E-state index in [9.17, 15) is 4.39 Å². The number of aromatic nitrogens is 1. The summed E-state index contributed by atoms with van der Waals surface area (Å²) in [4.78, 5) is 2.07. The molecule has 1 heterocycles. The molecule has 106 valence electrons. The van der Waals surface area contributed by atoms with Gasteiger partial charge in [0.05, 0.1) is 0 Å². The molecular formula is C16H19FN2O. The van der Waals surface area contributed by atoms with Crippen molar-refractivity contribution in [2.75, 3.05) is 11.4 Å². The number of halogens is 1. The minimum absolute atomic E-state index is 0.223. The van der Waals surface area contributed by atoms with E-state index in [0.29, 0.717) is 5.92 Å². The van der Waals surface area contributed by atoms with Gasteiger partial charge in [-0.15, -0.1) is 0 Å². The molecule has 0 amide bonds. The first kappa shape index (κ1) is 13.2. The summed E-state index contributed by atoms with van der Waals surface area (Å²) in [6.07, 6.45) is 5.06. The average molecular weight is 274 g/mol. The molecule has 3 rings (SSSR count). The zero-order valence-electron chi connectivity index (χ0n) is 11.7. The molecule has 20 heavy (non-hydrogen) atoms. The largest absolute Gasteiger partial charge is 0.360 e. The van der Waals surface area contributed by atoms with Crippen LogP contribution < -0.4 is 4.90 Å². The molecule has 3 nitrogen and oxygen atoms in total. The standard InChI is InChI=1S/C16H19FN2O/c1-12-9-16(18-20-12)19(11-13-5-2-3-6-13)15-8-4-7-14(17)10-15/h4,7-10,13H,2-3,5-6,11H2,1H3. The van der Waals surface area contributed by atoms with Gasteiger partial charge >= 0.3 is 0 Å². The maximum atomic E-state index is 13.5. The molecule has 0 radical (unpaired) electrons. The summed E-state index contributed by atoms with van der Waals surface area (Å²) >= 11 is 0. The van der Waals surface area contributed by atoms with Crippen molar-refractivity contribution in [3.63, 3.8) is 0 Å². The lowest BCUT2D eigenvalue weighted by Crippen LogP contribution is -2.24. The number of anilines is 2. The van der Waals surface area contributed by atoms with Gasteiger partial charge in [0.15, 0.2) is 5.82 Å². The van der Waals surface area contributed by atoms with Gasteiger partial charge in [-0.2, -0.15) is 0 Å². The molecular weight excluding hydrogens is 255 g/mol. The smallest absolute Gasteiger partial charge is 0.176 e. The highest BCUT2D eigenvalue weighted by Gasteiger charge is 2.22. The van der Waals surface area contributed by atoms with E-state index in [1.54, 1.807) is 12.1 Å². The van der Waals surface area contributed by atoms with E-state index in [4.69, 9.17) is 4.52 Å². The fraction of sp³-hybridized carbons (Fsp3) is 0.438. The number of rotatable bonds is 4. The van der Waals surface area contributed by atoms with Crippen LogP contribution in [0.5, 0.6) is 0 Å². The Labute approximate surface area is 118 Å². The Bertz CT molecular complexity index is 575. The summed E-state index contributed by atoms with van der Waals surface area (Å²) in [5.41, 5.74) is 0.838. The third-order valence-electron chi connectivity index (χ3n) is 3.93. The minimum Gasteiger partial charge on any atom is -0.360 e. The van der Waals surface area contributed by atoms with Crippen LogP contribution in [0, 0.1) is 18.7 Å². The molecule has 1 saturated carbocycles. The third-order valence-corrected chi connectivity index (χ3v) is 3.93. The summed E-state index contributed by atoms with van der Waals surface area (Å²) in [6.45, 7) is 2.74. The van der Waals surface area contributed by atoms with Crippen molar-refractivity contribution in [3.05, 3.63) is 41.9 Å². The van der Waals surface area contributed by atoms with E-state index in [1.165, 1.54) is 31.7 Å². The highest BCUT2D eigenvalue weighted by atomic mass is 19.1. The molecule has 0 spiro atoms. The Kier molecular flexibility index (Phi) is 3.72. The molecule has 4 heteroatoms. The number of hydrogen-bond acceptors (Lipinski definition) is 3. The van der Waals surface area contributed by atoms with Gasteiger partial charge < -0.3 is 9.42 Å². The van der Waals surface area contributed by atoms with Crippen molar-refractivity contribution in [2.45, 2.75) is 32.6 Å². The SMILES string of the molecule is Cc1cc(N(CC2CCCC2)c2cccc(F)c2)no1. The summed E-state index contributed by atoms with van der Waals surface area (Å²) in [7, 11) is 0. The van der Waals surface area contributed by atoms with Crippen LogP contribution in [0.3, 0.4) is 0 Å². The maximum Gasteiger partial charge on any atom is 0.176 e. The fourth-order valence-electron chi connectivity index (χ4n) is 2.91. The maximum absolute atomic E-state index is 13.5. The van der Waals surface area contributed by atoms with E-state index in [2.05, 4.69) is 10.1 Å². The topological polar surface area (TPSA) is 29.3 Å². The zero-order valence-corrected chi connectivity index (χ0v) is 11.7. The Morgan fingerprint density at radius 1 is 1.30 bits per heavy atom. The summed E-state index contributed by atoms with van der Waals surface area (Å²) in [5, 5.41) is 4.09. The molecule has 2 aromatic rings. The fourth-order valence-corrected chi connectivity index (χ4v) is 2.91. The second-order valence-corrected chi connectivity index (χ2v) is 5.54. The van der Waals surface area contributed by atoms with E-state index in [1.807, 2.05) is 19.1 Å². The summed E-state index contributed by atoms with van der Waals surface area (Å²) in [6, 6.07) is 8.57. The first-order valence-corrected chi connectivity index (χ1v) is 7.19. The highest BCUT2D eigenvalue weighted by molar-refractivity contribution is 5.59. The lowest BCUT2D eigenvalue weighted by molar-refractivity contribution is 0.397. The van der Waals surface area contributed by atoms with Crippen LogP contribution in [0.4, 0.5) is 15.9 Å². The molecule has 1 aliphatic rings. The van der Waals surface area contributed by atoms with Gasteiger partial charge in [0, 0.05) is 18.3 Å². The van der Waals surface area contributed by atoms with Crippen LogP contribution in [0.1, 0.15) is 31.4 Å². The molecule has 0 N–H and O–H groups in total. The zero-order chi connectivity index (χ0) is 13.9. The summed E-state index contributed by atoms with van der Waals surface area (Å²) in [5.74, 6) is 1.96. The van der Waals surface area contributed by atoms with Gasteiger partial charge in [0.2, 0.25) is 0 Å². The molecule has 0 unspecified atom stereocenters. The second-order valence-electron chi connectivity index (χ2n) is 5.54. The van der Waals surface area contributed by atoms with Crippen LogP contribution in [-0.2, 0) is 0 Å². The van der Waals surface area contributed by atoms with Crippen molar-refractivity contribution >= 4 is 11.5 Å². The van der Waals surface area contributed by atoms with Crippen molar-refractivity contribution in [2.24, 2.45) is 5.92 Å². The molecule has 0 saturated heterocycles. The highest BCUT2D eigenvalue weighted by Crippen LogP contribution is 2.32. The van der Waals surface area contributed by atoms with E-state index in [0.717, 1.165) is 23.8 Å². The number of benzene rings is 1. The first-order chi connectivity index (χ1) is 9.72. The van der Waals surface area contributed by atoms with Crippen molar-refractivity contribution in [1.82, 2.24) is 5.16 Å². The van der Waals surface area contributed by atoms with Gasteiger partial charge in [-0.3, -0.25) is 0 Å². The van der Waals surface area contributed by atoms with Gasteiger partial charge in [0.1, 0.15) is 11.6 Å². The first-order valence-electron chi connectivity index (χ1n) is 7.19. The van der Waals surface area contributed by atoms with E-state index >= 15 is 0 Å². The monoisotopic (exact) mass is 274 g/mol. The van der Waals surface area contributed by atoms with Crippen LogP contribution in [0.25, 0.3) is 0 Å². The van der Waals surface area contributed by atoms with Crippen molar-refractivity contribution in [1.29, 1.82) is 0 Å². The van der Waals surface area contributed by atoms with Gasteiger partial charge in [-0.25, -0.2) is 4.39 Å². The molecule has 1 aliphatic carbocycles. The van der Waals surface area contributed by atoms with Crippen LogP contribution in [0.2, 0.25) is 0 Å². The molecule has 1 fully saturated rings. The summed E-state index contributed by atoms with van der Waals surface area (Å²) < 4.78 is 18.7. The van der Waals surface area contributed by atoms with Gasteiger partial charge in [0.25, 0.3) is 0 Å². The van der Waals surface area contributed by atoms with Gasteiger partial charge in [-0.1, -0.05) is 24.1 Å². The van der Waals surface area contributed by atoms with E-state index < -0.39 is 0 Å². The molecule has 0 aliphatic heterocycles. The van der Waals surface area contributed by atoms with Gasteiger partial charge in [-0.05, 0) is 43.9 Å². The predicted octanol–water partition coefficient (Wildman–Crippen LogP) is 4.45. The predicted molar refractivity (Wildman–Crippen MR) is 76.6 cm³/mol. The molecule has 1 aromatic heterocycles. The normalized spacial score (nSPS) is 15.7. The minimum atomic E-state index is -0.223. The Morgan fingerprint density at radius 3 is 2.75 bits per heavy atom. The van der Waals surface area contributed by atoms with Crippen LogP contribution in [-0.4, -0.2) is 11.7 Å². The average Bonchev–Trinajstić information content (AvgIpc) is 3.07. The number of nitrogens with zero attached hydrogens (tertiary/aromatic N) is 2. The lowest BCUT2D eigenvalue weighted by atomic mass is 10.1. The molecule has 0 atom stereocenters. The number of hydrogen-bond donors (Lipinski definition) is 0. The Balaban J connectivity index is 1.89. The van der Waals surface area contributed by atoms with Crippen LogP contribution >= 0.6 is 0 Å². The quantitative estimate of drug-likeness (QED) is 0.824.